The standard InChI is InChI=1S/C12H18N4O4S/c1-3-15-12(18)7(2)16-21(19,20)10-5-4-8(11(14)17)6-9(10)13/h4-7,16H,3,13H2,1-2H3,(H2,14,17)(H,15,18). The number of primary amides is 1. The number of likely N-dealkylation sites (N-methyl/N-ethyl adjacent to an activating group) is 1. The second-order valence-corrected chi connectivity index (χ2v) is 6.04. The molecule has 0 aliphatic rings. The van der Waals surface area contributed by atoms with E-state index in [2.05, 4.69) is 10.0 Å². The Kier molecular flexibility index (Phi) is 5.28. The Morgan fingerprint density at radius 2 is 1.95 bits per heavy atom. The first-order valence-corrected chi connectivity index (χ1v) is 7.66. The first-order valence-electron chi connectivity index (χ1n) is 6.18. The van der Waals surface area contributed by atoms with Crippen LogP contribution in [0.5, 0.6) is 0 Å². The summed E-state index contributed by atoms with van der Waals surface area (Å²) < 4.78 is 26.5. The summed E-state index contributed by atoms with van der Waals surface area (Å²) in [5, 5.41) is 2.50. The first kappa shape index (κ1) is 16.9. The van der Waals surface area contributed by atoms with E-state index in [-0.39, 0.29) is 16.1 Å². The fraction of sp³-hybridized carbons (Fsp3) is 0.333. The molecule has 1 aromatic rings. The predicted molar refractivity (Wildman–Crippen MR) is 77.8 cm³/mol. The molecule has 1 atom stereocenters. The van der Waals surface area contributed by atoms with Crippen LogP contribution in [-0.2, 0) is 14.8 Å². The van der Waals surface area contributed by atoms with Crippen molar-refractivity contribution >= 4 is 27.5 Å². The Bertz CT molecular complexity index is 657. The highest BCUT2D eigenvalue weighted by atomic mass is 32.2. The average molecular weight is 314 g/mol. The van der Waals surface area contributed by atoms with E-state index in [0.29, 0.717) is 6.54 Å². The molecule has 8 nitrogen and oxygen atoms in total. The number of carbonyl (C=O) groups excluding carboxylic acids is 2. The smallest absolute Gasteiger partial charge is 0.248 e. The molecule has 0 saturated heterocycles. The maximum atomic E-state index is 12.2. The van der Waals surface area contributed by atoms with Crippen LogP contribution in [-0.4, -0.2) is 32.8 Å². The van der Waals surface area contributed by atoms with E-state index in [9.17, 15) is 18.0 Å². The summed E-state index contributed by atoms with van der Waals surface area (Å²) in [6.07, 6.45) is 0. The van der Waals surface area contributed by atoms with Crippen molar-refractivity contribution in [2.45, 2.75) is 24.8 Å². The van der Waals surface area contributed by atoms with Crippen LogP contribution in [0, 0.1) is 0 Å². The van der Waals surface area contributed by atoms with Gasteiger partial charge in [0.2, 0.25) is 21.8 Å². The molecule has 1 rings (SSSR count). The average Bonchev–Trinajstić information content (AvgIpc) is 2.37. The van der Waals surface area contributed by atoms with Crippen molar-refractivity contribution in [1.82, 2.24) is 10.0 Å². The van der Waals surface area contributed by atoms with Gasteiger partial charge in [-0.25, -0.2) is 8.42 Å². The van der Waals surface area contributed by atoms with E-state index in [0.717, 1.165) is 0 Å². The van der Waals surface area contributed by atoms with Crippen LogP contribution in [0.25, 0.3) is 0 Å². The van der Waals surface area contributed by atoms with Gasteiger partial charge in [0.1, 0.15) is 4.90 Å². The van der Waals surface area contributed by atoms with E-state index in [1.807, 2.05) is 0 Å². The van der Waals surface area contributed by atoms with Gasteiger partial charge in [0.05, 0.1) is 11.7 Å². The maximum Gasteiger partial charge on any atom is 0.248 e. The molecular formula is C12H18N4O4S. The van der Waals surface area contributed by atoms with Gasteiger partial charge in [-0.3, -0.25) is 9.59 Å². The normalized spacial score (nSPS) is 12.7. The summed E-state index contributed by atoms with van der Waals surface area (Å²) in [7, 11) is -3.98. The number of anilines is 1. The molecule has 6 N–H and O–H groups in total. The number of nitrogen functional groups attached to an aromatic ring is 1. The summed E-state index contributed by atoms with van der Waals surface area (Å²) in [5.41, 5.74) is 10.7. The number of hydrogen-bond acceptors (Lipinski definition) is 5. The maximum absolute atomic E-state index is 12.2. The van der Waals surface area contributed by atoms with Crippen molar-refractivity contribution in [3.05, 3.63) is 23.8 Å². The van der Waals surface area contributed by atoms with Crippen LogP contribution in [0.2, 0.25) is 0 Å². The van der Waals surface area contributed by atoms with Gasteiger partial charge < -0.3 is 16.8 Å². The number of carbonyl (C=O) groups is 2. The lowest BCUT2D eigenvalue weighted by Gasteiger charge is -2.15. The minimum Gasteiger partial charge on any atom is -0.398 e. The highest BCUT2D eigenvalue weighted by Gasteiger charge is 2.23. The molecule has 0 aliphatic heterocycles. The van der Waals surface area contributed by atoms with Crippen LogP contribution < -0.4 is 21.5 Å². The molecule has 9 heteroatoms. The van der Waals surface area contributed by atoms with Gasteiger partial charge in [-0.2, -0.15) is 4.72 Å². The van der Waals surface area contributed by atoms with Gasteiger partial charge in [0.15, 0.2) is 0 Å². The Balaban J connectivity index is 3.03. The lowest BCUT2D eigenvalue weighted by Crippen LogP contribution is -2.44. The largest absolute Gasteiger partial charge is 0.398 e. The van der Waals surface area contributed by atoms with Crippen molar-refractivity contribution < 1.29 is 18.0 Å². The molecule has 0 saturated carbocycles. The zero-order valence-corrected chi connectivity index (χ0v) is 12.5. The molecule has 1 unspecified atom stereocenters. The van der Waals surface area contributed by atoms with Gasteiger partial charge in [-0.05, 0) is 32.0 Å². The highest BCUT2D eigenvalue weighted by Crippen LogP contribution is 2.19. The summed E-state index contributed by atoms with van der Waals surface area (Å²) in [6, 6.07) is 2.64. The topological polar surface area (TPSA) is 144 Å². The van der Waals surface area contributed by atoms with E-state index < -0.39 is 27.9 Å². The second-order valence-electron chi connectivity index (χ2n) is 4.35. The van der Waals surface area contributed by atoms with Crippen molar-refractivity contribution in [3.63, 3.8) is 0 Å². The third-order valence-corrected chi connectivity index (χ3v) is 4.27. The van der Waals surface area contributed by atoms with Crippen LogP contribution in [0.4, 0.5) is 5.69 Å². The SMILES string of the molecule is CCNC(=O)C(C)NS(=O)(=O)c1ccc(C(N)=O)cc1N. The van der Waals surface area contributed by atoms with Gasteiger partial charge in [-0.15, -0.1) is 0 Å². The number of benzene rings is 1. The number of amides is 2. The van der Waals surface area contributed by atoms with Crippen molar-refractivity contribution in [3.8, 4) is 0 Å². The summed E-state index contributed by atoms with van der Waals surface area (Å²) >= 11 is 0. The van der Waals surface area contributed by atoms with Gasteiger partial charge in [0.25, 0.3) is 0 Å². The minimum atomic E-state index is -3.98. The molecule has 0 spiro atoms. The Hall–Kier alpha value is -2.13. The monoisotopic (exact) mass is 314 g/mol. The number of nitrogens with two attached hydrogens (primary N) is 2. The summed E-state index contributed by atoms with van der Waals surface area (Å²) in [5.74, 6) is -1.16. The molecule has 0 radical (unpaired) electrons. The van der Waals surface area contributed by atoms with Gasteiger partial charge in [-0.1, -0.05) is 0 Å². The first-order chi connectivity index (χ1) is 9.69. The number of rotatable bonds is 6. The van der Waals surface area contributed by atoms with Gasteiger partial charge >= 0.3 is 0 Å². The third kappa shape index (κ3) is 4.17. The molecule has 21 heavy (non-hydrogen) atoms. The van der Waals surface area contributed by atoms with E-state index in [1.165, 1.54) is 25.1 Å². The van der Waals surface area contributed by atoms with Crippen LogP contribution >= 0.6 is 0 Å². The van der Waals surface area contributed by atoms with Crippen LogP contribution in [0.3, 0.4) is 0 Å². The molecule has 116 valence electrons. The molecule has 2 amide bonds. The predicted octanol–water partition coefficient (Wildman–Crippen LogP) is -0.829. The van der Waals surface area contributed by atoms with Crippen LogP contribution in [0.15, 0.2) is 23.1 Å². The highest BCUT2D eigenvalue weighted by molar-refractivity contribution is 7.89. The number of hydrogen-bond donors (Lipinski definition) is 4. The molecule has 0 bridgehead atoms. The zero-order chi connectivity index (χ0) is 16.2. The lowest BCUT2D eigenvalue weighted by atomic mass is 10.2. The molecule has 0 aliphatic carbocycles. The second kappa shape index (κ2) is 6.55. The fourth-order valence-corrected chi connectivity index (χ4v) is 2.94. The fourth-order valence-electron chi connectivity index (χ4n) is 1.62. The molecule has 0 aromatic heterocycles. The lowest BCUT2D eigenvalue weighted by molar-refractivity contribution is -0.122. The Labute approximate surface area is 122 Å². The quantitative estimate of drug-likeness (QED) is 0.506. The van der Waals surface area contributed by atoms with Crippen molar-refractivity contribution in [1.29, 1.82) is 0 Å². The molecule has 0 fully saturated rings. The third-order valence-electron chi connectivity index (χ3n) is 2.66. The van der Waals surface area contributed by atoms with Gasteiger partial charge in [0, 0.05) is 12.1 Å². The van der Waals surface area contributed by atoms with Crippen molar-refractivity contribution in [2.75, 3.05) is 12.3 Å². The number of nitrogens with one attached hydrogen (secondary N) is 2. The minimum absolute atomic E-state index is 0.100. The van der Waals surface area contributed by atoms with Crippen molar-refractivity contribution in [2.24, 2.45) is 5.73 Å². The molecule has 0 heterocycles. The van der Waals surface area contributed by atoms with E-state index in [4.69, 9.17) is 11.5 Å². The Morgan fingerprint density at radius 3 is 2.43 bits per heavy atom. The summed E-state index contributed by atoms with van der Waals surface area (Å²) in [4.78, 5) is 22.3. The van der Waals surface area contributed by atoms with E-state index >= 15 is 0 Å². The zero-order valence-electron chi connectivity index (χ0n) is 11.7. The molecule has 1 aromatic carbocycles. The number of sulfonamides is 1. The summed E-state index contributed by atoms with van der Waals surface area (Å²) in [6.45, 7) is 3.52. The Morgan fingerprint density at radius 1 is 1.33 bits per heavy atom. The van der Waals surface area contributed by atoms with E-state index in [1.54, 1.807) is 6.92 Å². The van der Waals surface area contributed by atoms with Crippen LogP contribution in [0.1, 0.15) is 24.2 Å². The molecular weight excluding hydrogens is 296 g/mol.